The molecule has 0 saturated carbocycles. The molecule has 2 rings (SSSR count). The second kappa shape index (κ2) is 6.48. The van der Waals surface area contributed by atoms with Crippen molar-refractivity contribution in [3.8, 4) is 5.75 Å². The van der Waals surface area contributed by atoms with E-state index in [0.29, 0.717) is 26.4 Å². The lowest BCUT2D eigenvalue weighted by Crippen LogP contribution is -2.02. The van der Waals surface area contributed by atoms with Gasteiger partial charge in [-0.25, -0.2) is 0 Å². The van der Waals surface area contributed by atoms with E-state index in [1.807, 2.05) is 0 Å². The van der Waals surface area contributed by atoms with Gasteiger partial charge >= 0.3 is 0 Å². The molecule has 0 radical (unpaired) electrons. The van der Waals surface area contributed by atoms with Crippen LogP contribution in [-0.4, -0.2) is 11.3 Å². The SMILES string of the molecule is COc1ccc(N)c(S(=O)Cc2ccc(Cl)cc2Cl)c1. The molecule has 1 atom stereocenters. The summed E-state index contributed by atoms with van der Waals surface area (Å²) in [5, 5.41) is 1.04. The van der Waals surface area contributed by atoms with Crippen molar-refractivity contribution in [2.45, 2.75) is 10.6 Å². The Bertz CT molecular complexity index is 662. The molecule has 106 valence electrons. The predicted octanol–water partition coefficient (Wildman–Crippen LogP) is 3.89. The summed E-state index contributed by atoms with van der Waals surface area (Å²) in [5.74, 6) is 0.887. The van der Waals surface area contributed by atoms with Crippen LogP contribution in [0, 0.1) is 0 Å². The Morgan fingerprint density at radius 2 is 1.95 bits per heavy atom. The van der Waals surface area contributed by atoms with Gasteiger partial charge in [0.1, 0.15) is 5.75 Å². The van der Waals surface area contributed by atoms with Crippen LogP contribution < -0.4 is 10.5 Å². The van der Waals surface area contributed by atoms with Gasteiger partial charge in [-0.05, 0) is 35.9 Å². The molecule has 0 fully saturated rings. The highest BCUT2D eigenvalue weighted by molar-refractivity contribution is 7.84. The quantitative estimate of drug-likeness (QED) is 0.865. The number of nitrogen functional groups attached to an aromatic ring is 1. The van der Waals surface area contributed by atoms with E-state index in [2.05, 4.69) is 0 Å². The van der Waals surface area contributed by atoms with Gasteiger partial charge in [-0.2, -0.15) is 0 Å². The van der Waals surface area contributed by atoms with Crippen molar-refractivity contribution >= 4 is 39.7 Å². The topological polar surface area (TPSA) is 52.3 Å². The molecule has 0 aliphatic carbocycles. The second-order valence-electron chi connectivity index (χ2n) is 4.13. The molecule has 3 nitrogen and oxygen atoms in total. The first-order valence-electron chi connectivity index (χ1n) is 5.77. The molecule has 20 heavy (non-hydrogen) atoms. The minimum Gasteiger partial charge on any atom is -0.497 e. The van der Waals surface area contributed by atoms with Crippen molar-refractivity contribution in [2.24, 2.45) is 0 Å². The van der Waals surface area contributed by atoms with Gasteiger partial charge < -0.3 is 10.5 Å². The summed E-state index contributed by atoms with van der Waals surface area (Å²) in [6.07, 6.45) is 0. The van der Waals surface area contributed by atoms with Gasteiger partial charge in [0.15, 0.2) is 0 Å². The first kappa shape index (κ1) is 15.2. The summed E-state index contributed by atoms with van der Waals surface area (Å²) in [5.41, 5.74) is 7.09. The molecule has 0 aromatic heterocycles. The molecule has 2 aromatic carbocycles. The lowest BCUT2D eigenvalue weighted by atomic mass is 10.2. The highest BCUT2D eigenvalue weighted by atomic mass is 35.5. The number of hydrogen-bond donors (Lipinski definition) is 1. The van der Waals surface area contributed by atoms with Crippen molar-refractivity contribution in [3.05, 3.63) is 52.0 Å². The van der Waals surface area contributed by atoms with Crippen LogP contribution >= 0.6 is 23.2 Å². The average molecular weight is 330 g/mol. The zero-order chi connectivity index (χ0) is 14.7. The van der Waals surface area contributed by atoms with Gasteiger partial charge in [0.25, 0.3) is 0 Å². The Labute approximate surface area is 130 Å². The maximum atomic E-state index is 12.4. The molecule has 2 N–H and O–H groups in total. The van der Waals surface area contributed by atoms with Gasteiger partial charge in [-0.3, -0.25) is 4.21 Å². The molecule has 6 heteroatoms. The second-order valence-corrected chi connectivity index (χ2v) is 6.39. The minimum absolute atomic E-state index is 0.271. The lowest BCUT2D eigenvalue weighted by molar-refractivity contribution is 0.413. The first-order valence-corrected chi connectivity index (χ1v) is 7.84. The molecule has 0 bridgehead atoms. The standard InChI is InChI=1S/C14H13Cl2NO2S/c1-19-11-4-5-13(17)14(7-11)20(18)8-9-2-3-10(15)6-12(9)16/h2-7H,8,17H2,1H3. The van der Waals surface area contributed by atoms with Crippen LogP contribution in [0.5, 0.6) is 5.75 Å². The molecule has 0 spiro atoms. The molecular weight excluding hydrogens is 317 g/mol. The van der Waals surface area contributed by atoms with Crippen LogP contribution in [0.3, 0.4) is 0 Å². The Balaban J connectivity index is 2.28. The van der Waals surface area contributed by atoms with E-state index < -0.39 is 10.8 Å². The number of anilines is 1. The predicted molar refractivity (Wildman–Crippen MR) is 84.0 cm³/mol. The number of methoxy groups -OCH3 is 1. The summed E-state index contributed by atoms with van der Waals surface area (Å²) in [6, 6.07) is 10.2. The number of nitrogens with two attached hydrogens (primary N) is 1. The van der Waals surface area contributed by atoms with Gasteiger partial charge in [-0.15, -0.1) is 0 Å². The number of hydrogen-bond acceptors (Lipinski definition) is 3. The number of halogens is 2. The zero-order valence-electron chi connectivity index (χ0n) is 10.7. The van der Waals surface area contributed by atoms with Gasteiger partial charge in [0.05, 0.1) is 28.6 Å². The maximum Gasteiger partial charge on any atom is 0.120 e. The van der Waals surface area contributed by atoms with Gasteiger partial charge in [0, 0.05) is 15.7 Å². The van der Waals surface area contributed by atoms with Gasteiger partial charge in [-0.1, -0.05) is 29.3 Å². The average Bonchev–Trinajstić information content (AvgIpc) is 2.42. The van der Waals surface area contributed by atoms with E-state index in [-0.39, 0.29) is 5.75 Å². The number of benzene rings is 2. The van der Waals surface area contributed by atoms with E-state index in [9.17, 15) is 4.21 Å². The summed E-state index contributed by atoms with van der Waals surface area (Å²) >= 11 is 11.9. The summed E-state index contributed by atoms with van der Waals surface area (Å²) in [7, 11) is 0.243. The van der Waals surface area contributed by atoms with E-state index >= 15 is 0 Å². The third-order valence-electron chi connectivity index (χ3n) is 2.77. The fourth-order valence-corrected chi connectivity index (χ4v) is 3.52. The van der Waals surface area contributed by atoms with Crippen molar-refractivity contribution < 1.29 is 8.95 Å². The minimum atomic E-state index is -1.31. The molecule has 1 unspecified atom stereocenters. The molecule has 0 aliphatic rings. The Morgan fingerprint density at radius 1 is 1.20 bits per heavy atom. The molecule has 0 heterocycles. The maximum absolute atomic E-state index is 12.4. The van der Waals surface area contributed by atoms with Crippen LogP contribution in [0.15, 0.2) is 41.3 Å². The first-order chi connectivity index (χ1) is 9.51. The highest BCUT2D eigenvalue weighted by Crippen LogP contribution is 2.27. The smallest absolute Gasteiger partial charge is 0.120 e. The monoisotopic (exact) mass is 329 g/mol. The normalized spacial score (nSPS) is 12.2. The Hall–Kier alpha value is -1.23. The fraction of sp³-hybridized carbons (Fsp3) is 0.143. The zero-order valence-corrected chi connectivity index (χ0v) is 13.1. The molecular formula is C14H13Cl2NO2S. The van der Waals surface area contributed by atoms with Crippen LogP contribution in [0.2, 0.25) is 10.0 Å². The van der Waals surface area contributed by atoms with Crippen molar-refractivity contribution in [3.63, 3.8) is 0 Å². The van der Waals surface area contributed by atoms with Crippen molar-refractivity contribution in [1.82, 2.24) is 0 Å². The van der Waals surface area contributed by atoms with Crippen LogP contribution in [0.25, 0.3) is 0 Å². The van der Waals surface area contributed by atoms with Crippen molar-refractivity contribution in [1.29, 1.82) is 0 Å². The molecule has 0 saturated heterocycles. The summed E-state index contributed by atoms with van der Waals surface area (Å²) < 4.78 is 17.5. The van der Waals surface area contributed by atoms with E-state index in [0.717, 1.165) is 5.56 Å². The highest BCUT2D eigenvalue weighted by Gasteiger charge is 2.12. The number of rotatable bonds is 4. The summed E-state index contributed by atoms with van der Waals surface area (Å²) in [4.78, 5) is 0.537. The largest absolute Gasteiger partial charge is 0.497 e. The Morgan fingerprint density at radius 3 is 2.60 bits per heavy atom. The third kappa shape index (κ3) is 3.45. The van der Waals surface area contributed by atoms with E-state index in [1.54, 1.807) is 43.5 Å². The molecule has 2 aromatic rings. The molecule has 0 amide bonds. The van der Waals surface area contributed by atoms with E-state index in [4.69, 9.17) is 33.7 Å². The summed E-state index contributed by atoms with van der Waals surface area (Å²) in [6.45, 7) is 0. The van der Waals surface area contributed by atoms with Crippen LogP contribution in [0.1, 0.15) is 5.56 Å². The van der Waals surface area contributed by atoms with Gasteiger partial charge in [0.2, 0.25) is 0 Å². The lowest BCUT2D eigenvalue weighted by Gasteiger charge is -2.09. The van der Waals surface area contributed by atoms with Crippen LogP contribution in [-0.2, 0) is 16.6 Å². The number of ether oxygens (including phenoxy) is 1. The molecule has 0 aliphatic heterocycles. The van der Waals surface area contributed by atoms with Crippen molar-refractivity contribution in [2.75, 3.05) is 12.8 Å². The Kier molecular flexibility index (Phi) is 4.91. The van der Waals surface area contributed by atoms with Crippen LogP contribution in [0.4, 0.5) is 5.69 Å². The third-order valence-corrected chi connectivity index (χ3v) is 4.77. The van der Waals surface area contributed by atoms with E-state index in [1.165, 1.54) is 0 Å². The fourth-order valence-electron chi connectivity index (χ4n) is 1.70.